The van der Waals surface area contributed by atoms with Gasteiger partial charge in [0.1, 0.15) is 5.60 Å². The summed E-state index contributed by atoms with van der Waals surface area (Å²) in [5, 5.41) is 0. The molecule has 158 valence electrons. The summed E-state index contributed by atoms with van der Waals surface area (Å²) in [6.45, 7) is 14.8. The SMILES string of the molecule is CC(C)(C)OC(=O)N1CCC2(CCC(B3OC(C)(C)C(C)(C)O3)=C(F)C2)CC1. The van der Waals surface area contributed by atoms with Crippen LogP contribution in [0.15, 0.2) is 11.3 Å². The van der Waals surface area contributed by atoms with E-state index in [-0.39, 0.29) is 17.3 Å². The van der Waals surface area contributed by atoms with Crippen LogP contribution in [0.25, 0.3) is 0 Å². The van der Waals surface area contributed by atoms with Crippen LogP contribution in [-0.4, -0.2) is 48.0 Å². The Labute approximate surface area is 169 Å². The molecule has 0 saturated carbocycles. The zero-order valence-corrected chi connectivity index (χ0v) is 18.5. The molecule has 0 bridgehead atoms. The first-order valence-electron chi connectivity index (χ1n) is 10.4. The number of hydrogen-bond donors (Lipinski definition) is 0. The molecule has 2 heterocycles. The van der Waals surface area contributed by atoms with Crippen LogP contribution in [0.4, 0.5) is 9.18 Å². The molecule has 2 saturated heterocycles. The van der Waals surface area contributed by atoms with E-state index >= 15 is 4.39 Å². The normalized spacial score (nSPS) is 26.7. The van der Waals surface area contributed by atoms with Crippen molar-refractivity contribution in [1.29, 1.82) is 0 Å². The molecular formula is C21H35BFNO4. The lowest BCUT2D eigenvalue weighted by atomic mass is 9.62. The maximum Gasteiger partial charge on any atom is 0.493 e. The molecule has 2 fully saturated rings. The number of allylic oxidation sites excluding steroid dienone is 2. The third kappa shape index (κ3) is 4.25. The quantitative estimate of drug-likeness (QED) is 0.584. The first-order valence-corrected chi connectivity index (χ1v) is 10.4. The van der Waals surface area contributed by atoms with E-state index in [0.717, 1.165) is 19.3 Å². The largest absolute Gasteiger partial charge is 0.493 e. The van der Waals surface area contributed by atoms with Crippen molar-refractivity contribution in [2.75, 3.05) is 13.1 Å². The van der Waals surface area contributed by atoms with Crippen LogP contribution in [0.1, 0.15) is 80.6 Å². The molecule has 0 aromatic carbocycles. The summed E-state index contributed by atoms with van der Waals surface area (Å²) in [7, 11) is -0.593. The Balaban J connectivity index is 1.62. The first kappa shape index (κ1) is 21.6. The van der Waals surface area contributed by atoms with Crippen LogP contribution in [0.3, 0.4) is 0 Å². The molecular weight excluding hydrogens is 360 g/mol. The summed E-state index contributed by atoms with van der Waals surface area (Å²) in [5.41, 5.74) is -0.823. The Bertz CT molecular complexity index is 644. The van der Waals surface area contributed by atoms with Gasteiger partial charge in [0.05, 0.1) is 17.0 Å². The third-order valence-corrected chi connectivity index (χ3v) is 6.82. The van der Waals surface area contributed by atoms with Gasteiger partial charge in [-0.2, -0.15) is 0 Å². The highest BCUT2D eigenvalue weighted by Crippen LogP contribution is 2.49. The molecule has 3 rings (SSSR count). The fourth-order valence-electron chi connectivity index (χ4n) is 4.21. The van der Waals surface area contributed by atoms with Crippen LogP contribution in [0, 0.1) is 5.41 Å². The molecule has 1 aliphatic carbocycles. The van der Waals surface area contributed by atoms with Crippen LogP contribution in [-0.2, 0) is 14.0 Å². The van der Waals surface area contributed by atoms with E-state index in [1.54, 1.807) is 4.90 Å². The molecule has 3 aliphatic rings. The average Bonchev–Trinajstić information content (AvgIpc) is 2.74. The second-order valence-electron chi connectivity index (χ2n) is 10.7. The standard InChI is InChI=1S/C21H35BFNO4/c1-18(2,3)26-17(25)24-12-10-21(11-13-24)9-8-15(16(23)14-21)22-27-19(4,5)20(6,7)28-22/h8-14H2,1-7H3. The minimum absolute atomic E-state index is 0.0737. The number of likely N-dealkylation sites (tertiary alicyclic amines) is 1. The average molecular weight is 395 g/mol. The molecule has 2 aliphatic heterocycles. The first-order chi connectivity index (χ1) is 12.7. The summed E-state index contributed by atoms with van der Waals surface area (Å²) in [5.74, 6) is -0.0875. The Morgan fingerprint density at radius 3 is 2.07 bits per heavy atom. The summed E-state index contributed by atoms with van der Waals surface area (Å²) in [4.78, 5) is 14.0. The molecule has 7 heteroatoms. The van der Waals surface area contributed by atoms with Gasteiger partial charge in [0, 0.05) is 19.5 Å². The van der Waals surface area contributed by atoms with Crippen molar-refractivity contribution >= 4 is 13.2 Å². The highest BCUT2D eigenvalue weighted by atomic mass is 19.1. The molecule has 5 nitrogen and oxygen atoms in total. The van der Waals surface area contributed by atoms with Crippen molar-refractivity contribution < 1.29 is 23.2 Å². The molecule has 0 atom stereocenters. The molecule has 0 aromatic heterocycles. The highest BCUT2D eigenvalue weighted by Gasteiger charge is 2.54. The molecule has 0 unspecified atom stereocenters. The van der Waals surface area contributed by atoms with Gasteiger partial charge in [-0.25, -0.2) is 9.18 Å². The molecule has 0 aromatic rings. The van der Waals surface area contributed by atoms with E-state index < -0.39 is 23.9 Å². The van der Waals surface area contributed by atoms with Crippen molar-refractivity contribution in [2.45, 2.75) is 97.4 Å². The predicted octanol–water partition coefficient (Wildman–Crippen LogP) is 5.04. The number of amides is 1. The van der Waals surface area contributed by atoms with Crippen molar-refractivity contribution in [3.63, 3.8) is 0 Å². The fourth-order valence-corrected chi connectivity index (χ4v) is 4.21. The van der Waals surface area contributed by atoms with Crippen LogP contribution >= 0.6 is 0 Å². The van der Waals surface area contributed by atoms with Crippen molar-refractivity contribution in [3.8, 4) is 0 Å². The predicted molar refractivity (Wildman–Crippen MR) is 108 cm³/mol. The second kappa shape index (κ2) is 7.01. The van der Waals surface area contributed by atoms with E-state index in [0.29, 0.717) is 31.4 Å². The molecule has 28 heavy (non-hydrogen) atoms. The molecule has 1 amide bonds. The Kier molecular flexibility index (Phi) is 5.42. The Hall–Kier alpha value is -1.08. The van der Waals surface area contributed by atoms with Crippen molar-refractivity contribution in [3.05, 3.63) is 11.3 Å². The summed E-state index contributed by atoms with van der Waals surface area (Å²) in [6, 6.07) is 0. The van der Waals surface area contributed by atoms with E-state index in [9.17, 15) is 4.79 Å². The summed E-state index contributed by atoms with van der Waals surface area (Å²) in [6.07, 6.45) is 3.30. The van der Waals surface area contributed by atoms with E-state index in [2.05, 4.69) is 0 Å². The topological polar surface area (TPSA) is 48.0 Å². The smallest absolute Gasteiger partial charge is 0.444 e. The monoisotopic (exact) mass is 395 g/mol. The van der Waals surface area contributed by atoms with Gasteiger partial charge < -0.3 is 18.9 Å². The van der Waals surface area contributed by atoms with Gasteiger partial charge in [0.2, 0.25) is 0 Å². The van der Waals surface area contributed by atoms with Gasteiger partial charge >= 0.3 is 13.2 Å². The molecule has 1 spiro atoms. The Morgan fingerprint density at radius 1 is 1.07 bits per heavy atom. The number of rotatable bonds is 1. The van der Waals surface area contributed by atoms with E-state index in [1.807, 2.05) is 48.5 Å². The van der Waals surface area contributed by atoms with Gasteiger partial charge in [-0.05, 0) is 85.0 Å². The van der Waals surface area contributed by atoms with Gasteiger partial charge in [-0.3, -0.25) is 0 Å². The lowest BCUT2D eigenvalue weighted by Crippen LogP contribution is -2.46. The number of carbonyl (C=O) groups excluding carboxylic acids is 1. The van der Waals surface area contributed by atoms with E-state index in [1.165, 1.54) is 0 Å². The number of halogens is 1. The fraction of sp³-hybridized carbons (Fsp3) is 0.857. The number of hydrogen-bond acceptors (Lipinski definition) is 4. The number of carbonyl (C=O) groups is 1. The number of piperidine rings is 1. The van der Waals surface area contributed by atoms with Gasteiger partial charge in [-0.15, -0.1) is 0 Å². The van der Waals surface area contributed by atoms with Gasteiger partial charge in [-0.1, -0.05) is 0 Å². The lowest BCUT2D eigenvalue weighted by molar-refractivity contribution is 0.00578. The van der Waals surface area contributed by atoms with Crippen molar-refractivity contribution in [2.24, 2.45) is 5.41 Å². The molecule has 0 radical (unpaired) electrons. The van der Waals surface area contributed by atoms with E-state index in [4.69, 9.17) is 14.0 Å². The second-order valence-corrected chi connectivity index (χ2v) is 10.7. The minimum atomic E-state index is -0.593. The van der Waals surface area contributed by atoms with Gasteiger partial charge in [0.25, 0.3) is 0 Å². The lowest BCUT2D eigenvalue weighted by Gasteiger charge is -2.44. The van der Waals surface area contributed by atoms with Crippen molar-refractivity contribution in [1.82, 2.24) is 4.90 Å². The van der Waals surface area contributed by atoms with Gasteiger partial charge in [0.15, 0.2) is 0 Å². The minimum Gasteiger partial charge on any atom is -0.444 e. The third-order valence-electron chi connectivity index (χ3n) is 6.82. The van der Waals surface area contributed by atoms with Crippen LogP contribution in [0.5, 0.6) is 0 Å². The maximum absolute atomic E-state index is 15.1. The number of nitrogens with zero attached hydrogens (tertiary/aromatic N) is 1. The summed E-state index contributed by atoms with van der Waals surface area (Å²) >= 11 is 0. The van der Waals surface area contributed by atoms with Crippen LogP contribution in [0.2, 0.25) is 0 Å². The zero-order valence-electron chi connectivity index (χ0n) is 18.5. The highest BCUT2D eigenvalue weighted by molar-refractivity contribution is 6.54. The van der Waals surface area contributed by atoms with Crippen LogP contribution < -0.4 is 0 Å². The maximum atomic E-state index is 15.1. The summed E-state index contributed by atoms with van der Waals surface area (Å²) < 4.78 is 32.7. The molecule has 0 N–H and O–H groups in total. The number of ether oxygens (including phenoxy) is 1. The Morgan fingerprint density at radius 2 is 1.61 bits per heavy atom. The zero-order chi connectivity index (χ0) is 21.0.